The molecule has 1 amide bonds. The van der Waals surface area contributed by atoms with Gasteiger partial charge in [0.1, 0.15) is 0 Å². The van der Waals surface area contributed by atoms with Gasteiger partial charge in [-0.15, -0.1) is 0 Å². The topological polar surface area (TPSA) is 38.8 Å². The number of nitrogens with one attached hydrogen (secondary N) is 1. The Morgan fingerprint density at radius 2 is 2.16 bits per heavy atom. The van der Waals surface area contributed by atoms with Crippen LogP contribution < -0.4 is 5.32 Å². The second-order valence-electron chi connectivity index (χ2n) is 6.23. The maximum absolute atomic E-state index is 12.3. The Morgan fingerprint density at radius 1 is 1.37 bits per heavy atom. The molecule has 19 heavy (non-hydrogen) atoms. The van der Waals surface area contributed by atoms with E-state index in [4.69, 9.17) is 0 Å². The van der Waals surface area contributed by atoms with Crippen LogP contribution in [0, 0.1) is 5.92 Å². The quantitative estimate of drug-likeness (QED) is 0.759. The number of nitrogens with zero attached hydrogens (tertiary/aromatic N) is 3. The molecule has 2 saturated heterocycles. The third kappa shape index (κ3) is 4.16. The minimum Gasteiger partial charge on any atom is -0.345 e. The normalized spacial score (nSPS) is 29.6. The van der Waals surface area contributed by atoms with E-state index in [-0.39, 0.29) is 5.91 Å². The predicted molar refractivity (Wildman–Crippen MR) is 77.1 cm³/mol. The Hall–Kier alpha value is -0.650. The van der Waals surface area contributed by atoms with Crippen LogP contribution in [-0.2, 0) is 4.79 Å². The number of hydrogen-bond donors (Lipinski definition) is 1. The van der Waals surface area contributed by atoms with Gasteiger partial charge in [0.05, 0.1) is 0 Å². The van der Waals surface area contributed by atoms with Gasteiger partial charge in [-0.3, -0.25) is 4.79 Å². The third-order valence-corrected chi connectivity index (χ3v) is 4.50. The summed E-state index contributed by atoms with van der Waals surface area (Å²) in [5.41, 5.74) is 0. The largest absolute Gasteiger partial charge is 0.345 e. The van der Waals surface area contributed by atoms with Gasteiger partial charge < -0.3 is 20.0 Å². The van der Waals surface area contributed by atoms with Crippen LogP contribution in [-0.4, -0.2) is 87.1 Å². The van der Waals surface area contributed by atoms with Crippen LogP contribution >= 0.6 is 0 Å². The molecule has 2 rings (SSSR count). The van der Waals surface area contributed by atoms with Crippen molar-refractivity contribution in [2.45, 2.75) is 18.9 Å². The highest BCUT2D eigenvalue weighted by atomic mass is 16.2. The molecular weight excluding hydrogens is 240 g/mol. The van der Waals surface area contributed by atoms with E-state index in [1.54, 1.807) is 0 Å². The molecule has 0 spiro atoms. The lowest BCUT2D eigenvalue weighted by molar-refractivity contribution is -0.131. The van der Waals surface area contributed by atoms with Gasteiger partial charge in [-0.25, -0.2) is 0 Å². The van der Waals surface area contributed by atoms with E-state index in [0.717, 1.165) is 32.7 Å². The summed E-state index contributed by atoms with van der Waals surface area (Å²) in [6.45, 7) is 6.21. The summed E-state index contributed by atoms with van der Waals surface area (Å²) in [5.74, 6) is 0.941. The molecule has 0 aromatic rings. The van der Waals surface area contributed by atoms with Crippen molar-refractivity contribution in [2.75, 3.05) is 60.4 Å². The zero-order valence-electron chi connectivity index (χ0n) is 12.6. The molecule has 0 aromatic carbocycles. The average Bonchev–Trinajstić information content (AvgIpc) is 2.77. The van der Waals surface area contributed by atoms with Crippen molar-refractivity contribution in [3.05, 3.63) is 0 Å². The molecule has 2 fully saturated rings. The van der Waals surface area contributed by atoms with Crippen molar-refractivity contribution < 1.29 is 4.79 Å². The molecule has 0 aromatic heterocycles. The van der Waals surface area contributed by atoms with Crippen LogP contribution in [0.25, 0.3) is 0 Å². The number of amides is 1. The third-order valence-electron chi connectivity index (χ3n) is 4.50. The monoisotopic (exact) mass is 268 g/mol. The lowest BCUT2D eigenvalue weighted by atomic mass is 10.1. The van der Waals surface area contributed by atoms with Gasteiger partial charge in [0.25, 0.3) is 0 Å². The number of likely N-dealkylation sites (tertiary alicyclic amines) is 1. The number of carbonyl (C=O) groups excluding carboxylic acids is 1. The summed E-state index contributed by atoms with van der Waals surface area (Å²) >= 11 is 0. The number of likely N-dealkylation sites (N-methyl/N-ethyl adjacent to an activating group) is 1. The Labute approximate surface area is 116 Å². The lowest BCUT2D eigenvalue weighted by Crippen LogP contribution is -2.51. The van der Waals surface area contributed by atoms with Gasteiger partial charge in [0.15, 0.2) is 0 Å². The van der Waals surface area contributed by atoms with E-state index in [1.165, 1.54) is 13.0 Å². The molecule has 0 aliphatic carbocycles. The van der Waals surface area contributed by atoms with Crippen LogP contribution in [0.3, 0.4) is 0 Å². The molecule has 5 nitrogen and oxygen atoms in total. The highest BCUT2D eigenvalue weighted by molar-refractivity contribution is 5.76. The van der Waals surface area contributed by atoms with Crippen molar-refractivity contribution in [3.8, 4) is 0 Å². The molecule has 2 unspecified atom stereocenters. The van der Waals surface area contributed by atoms with Crippen molar-refractivity contribution in [1.29, 1.82) is 0 Å². The molecular formula is C14H28N4O. The van der Waals surface area contributed by atoms with Gasteiger partial charge in [0, 0.05) is 52.2 Å². The number of hydrogen-bond acceptors (Lipinski definition) is 4. The average molecular weight is 268 g/mol. The lowest BCUT2D eigenvalue weighted by Gasteiger charge is -2.34. The molecule has 2 aliphatic rings. The van der Waals surface area contributed by atoms with Crippen molar-refractivity contribution in [1.82, 2.24) is 20.0 Å². The van der Waals surface area contributed by atoms with Crippen LogP contribution in [0.15, 0.2) is 0 Å². The molecule has 2 atom stereocenters. The fraction of sp³-hybridized carbons (Fsp3) is 0.929. The van der Waals surface area contributed by atoms with Crippen molar-refractivity contribution >= 4 is 5.91 Å². The van der Waals surface area contributed by atoms with E-state index < -0.39 is 0 Å². The van der Waals surface area contributed by atoms with E-state index in [1.807, 2.05) is 11.9 Å². The molecule has 5 heteroatoms. The summed E-state index contributed by atoms with van der Waals surface area (Å²) in [7, 11) is 6.23. The van der Waals surface area contributed by atoms with Crippen LogP contribution in [0.5, 0.6) is 0 Å². The zero-order chi connectivity index (χ0) is 13.8. The molecule has 1 N–H and O–H groups in total. The van der Waals surface area contributed by atoms with Crippen LogP contribution in [0.1, 0.15) is 12.8 Å². The maximum Gasteiger partial charge on any atom is 0.223 e. The first-order valence-electron chi connectivity index (χ1n) is 7.39. The summed E-state index contributed by atoms with van der Waals surface area (Å²) < 4.78 is 0. The Bertz CT molecular complexity index is 310. The molecule has 0 bridgehead atoms. The minimum absolute atomic E-state index is 0.287. The number of piperazine rings is 1. The molecule has 0 radical (unpaired) electrons. The second-order valence-corrected chi connectivity index (χ2v) is 6.23. The standard InChI is InChI=1S/C14H28N4O/c1-16-6-4-12(10-16)11-18(3)14(19)8-13-9-15-5-7-17(13)2/h12-13,15H,4-11H2,1-3H3. The van der Waals surface area contributed by atoms with Crippen molar-refractivity contribution in [2.24, 2.45) is 5.92 Å². The zero-order valence-corrected chi connectivity index (χ0v) is 12.6. The molecule has 2 aliphatic heterocycles. The Kier molecular flexibility index (Phi) is 5.19. The second kappa shape index (κ2) is 6.68. The van der Waals surface area contributed by atoms with Crippen LogP contribution in [0.2, 0.25) is 0 Å². The minimum atomic E-state index is 0.287. The first-order valence-corrected chi connectivity index (χ1v) is 7.39. The summed E-state index contributed by atoms with van der Waals surface area (Å²) in [6, 6.07) is 0.356. The Morgan fingerprint density at radius 3 is 2.79 bits per heavy atom. The molecule has 110 valence electrons. The smallest absolute Gasteiger partial charge is 0.223 e. The van der Waals surface area contributed by atoms with Gasteiger partial charge in [-0.1, -0.05) is 0 Å². The molecule has 2 heterocycles. The first-order chi connectivity index (χ1) is 9.06. The summed E-state index contributed by atoms with van der Waals surface area (Å²) in [6.07, 6.45) is 1.86. The van der Waals surface area contributed by atoms with Crippen molar-refractivity contribution in [3.63, 3.8) is 0 Å². The maximum atomic E-state index is 12.3. The SMILES string of the molecule is CN1CCC(CN(C)C(=O)CC2CNCCN2C)C1. The summed E-state index contributed by atoms with van der Waals surface area (Å²) in [5, 5.41) is 3.37. The number of rotatable bonds is 4. The van der Waals surface area contributed by atoms with Crippen LogP contribution in [0.4, 0.5) is 0 Å². The summed E-state index contributed by atoms with van der Waals surface area (Å²) in [4.78, 5) is 18.9. The van der Waals surface area contributed by atoms with Gasteiger partial charge >= 0.3 is 0 Å². The Balaban J connectivity index is 1.75. The van der Waals surface area contributed by atoms with E-state index >= 15 is 0 Å². The highest BCUT2D eigenvalue weighted by Crippen LogP contribution is 2.16. The predicted octanol–water partition coefficient (Wildman–Crippen LogP) is -0.310. The van der Waals surface area contributed by atoms with Gasteiger partial charge in [-0.05, 0) is 33.0 Å². The van der Waals surface area contributed by atoms with Gasteiger partial charge in [0.2, 0.25) is 5.91 Å². The van der Waals surface area contributed by atoms with E-state index in [0.29, 0.717) is 18.4 Å². The fourth-order valence-electron chi connectivity index (χ4n) is 3.11. The first kappa shape index (κ1) is 14.8. The highest BCUT2D eigenvalue weighted by Gasteiger charge is 2.26. The number of carbonyl (C=O) groups is 1. The van der Waals surface area contributed by atoms with E-state index in [9.17, 15) is 4.79 Å². The molecule has 0 saturated carbocycles. The van der Waals surface area contributed by atoms with Gasteiger partial charge in [-0.2, -0.15) is 0 Å². The fourth-order valence-corrected chi connectivity index (χ4v) is 3.11. The van der Waals surface area contributed by atoms with E-state index in [2.05, 4.69) is 29.2 Å².